The number of pyridine rings is 1. The number of hydrogen-bond acceptors (Lipinski definition) is 5. The molecule has 0 aromatic carbocycles. The van der Waals surface area contributed by atoms with Crippen molar-refractivity contribution in [2.45, 2.75) is 6.92 Å². The van der Waals surface area contributed by atoms with Crippen molar-refractivity contribution in [3.8, 4) is 17.3 Å². The van der Waals surface area contributed by atoms with Crippen LogP contribution in [0.25, 0.3) is 17.3 Å². The summed E-state index contributed by atoms with van der Waals surface area (Å²) in [5.41, 5.74) is 0.857. The molecule has 6 nitrogen and oxygen atoms in total. The van der Waals surface area contributed by atoms with Gasteiger partial charge in [0, 0.05) is 12.3 Å². The first-order valence-electron chi connectivity index (χ1n) is 6.52. The minimum atomic E-state index is -0.451. The van der Waals surface area contributed by atoms with Crippen LogP contribution >= 0.6 is 0 Å². The molecule has 3 aromatic rings. The second kappa shape index (κ2) is 5.62. The van der Waals surface area contributed by atoms with Gasteiger partial charge in [0.15, 0.2) is 17.3 Å². The maximum atomic E-state index is 12.1. The van der Waals surface area contributed by atoms with Gasteiger partial charge in [-0.15, -0.1) is 0 Å². The highest BCUT2D eigenvalue weighted by Crippen LogP contribution is 2.22. The molecule has 0 bridgehead atoms. The lowest BCUT2D eigenvalue weighted by atomic mass is 10.3. The summed E-state index contributed by atoms with van der Waals surface area (Å²) in [5.74, 6) is 0.669. The molecule has 0 spiro atoms. The van der Waals surface area contributed by atoms with Gasteiger partial charge in [-0.2, -0.15) is 5.10 Å². The molecule has 0 radical (unpaired) electrons. The largest absolute Gasteiger partial charge is 0.463 e. The zero-order valence-corrected chi connectivity index (χ0v) is 11.4. The molecule has 3 rings (SSSR count). The van der Waals surface area contributed by atoms with Crippen molar-refractivity contribution in [1.82, 2.24) is 14.8 Å². The van der Waals surface area contributed by atoms with E-state index in [9.17, 15) is 4.79 Å². The second-order valence-electron chi connectivity index (χ2n) is 4.21. The summed E-state index contributed by atoms with van der Waals surface area (Å²) in [6.07, 6.45) is 3.19. The van der Waals surface area contributed by atoms with Gasteiger partial charge in [-0.05, 0) is 31.2 Å². The standard InChI is InChI=1S/C15H13N3O3/c1-2-20-15(19)12-10-11(13-6-5-9-21-13)17-18(12)14-7-3-4-8-16-14/h3-10H,2H2,1H3. The second-order valence-corrected chi connectivity index (χ2v) is 4.21. The van der Waals surface area contributed by atoms with E-state index in [2.05, 4.69) is 10.1 Å². The molecule has 0 aliphatic carbocycles. The van der Waals surface area contributed by atoms with Crippen molar-refractivity contribution in [3.63, 3.8) is 0 Å². The Kier molecular flexibility index (Phi) is 3.51. The Labute approximate surface area is 121 Å². The fraction of sp³-hybridized carbons (Fsp3) is 0.133. The molecular formula is C15H13N3O3. The van der Waals surface area contributed by atoms with E-state index in [1.807, 2.05) is 6.07 Å². The monoisotopic (exact) mass is 283 g/mol. The lowest BCUT2D eigenvalue weighted by molar-refractivity contribution is 0.0515. The van der Waals surface area contributed by atoms with Crippen molar-refractivity contribution in [3.05, 3.63) is 54.6 Å². The maximum absolute atomic E-state index is 12.1. The summed E-state index contributed by atoms with van der Waals surface area (Å²) in [6.45, 7) is 2.05. The van der Waals surface area contributed by atoms with E-state index in [0.29, 0.717) is 29.6 Å². The number of carbonyl (C=O) groups is 1. The molecule has 0 fully saturated rings. The number of ether oxygens (including phenoxy) is 1. The highest BCUT2D eigenvalue weighted by Gasteiger charge is 2.20. The number of esters is 1. The minimum absolute atomic E-state index is 0.294. The number of carbonyl (C=O) groups excluding carboxylic acids is 1. The van der Waals surface area contributed by atoms with Crippen LogP contribution in [-0.4, -0.2) is 27.3 Å². The fourth-order valence-electron chi connectivity index (χ4n) is 1.93. The summed E-state index contributed by atoms with van der Waals surface area (Å²) < 4.78 is 11.8. The zero-order valence-electron chi connectivity index (χ0n) is 11.4. The molecule has 6 heteroatoms. The summed E-state index contributed by atoms with van der Waals surface area (Å²) in [5, 5.41) is 4.39. The Morgan fingerprint density at radius 3 is 2.90 bits per heavy atom. The number of nitrogens with zero attached hydrogens (tertiary/aromatic N) is 3. The van der Waals surface area contributed by atoms with Gasteiger partial charge in [0.25, 0.3) is 0 Å². The van der Waals surface area contributed by atoms with E-state index in [-0.39, 0.29) is 0 Å². The van der Waals surface area contributed by atoms with Gasteiger partial charge >= 0.3 is 5.97 Å². The van der Waals surface area contributed by atoms with Gasteiger partial charge in [0.2, 0.25) is 0 Å². The van der Waals surface area contributed by atoms with E-state index >= 15 is 0 Å². The van der Waals surface area contributed by atoms with Crippen molar-refractivity contribution in [2.75, 3.05) is 6.61 Å². The lowest BCUT2D eigenvalue weighted by Crippen LogP contribution is -2.12. The average Bonchev–Trinajstić information content (AvgIpc) is 3.17. The van der Waals surface area contributed by atoms with Crippen molar-refractivity contribution >= 4 is 5.97 Å². The molecule has 0 saturated carbocycles. The van der Waals surface area contributed by atoms with Crippen LogP contribution in [0.1, 0.15) is 17.4 Å². The molecular weight excluding hydrogens is 270 g/mol. The summed E-state index contributed by atoms with van der Waals surface area (Å²) in [6, 6.07) is 10.6. The Morgan fingerprint density at radius 2 is 2.24 bits per heavy atom. The molecule has 0 aliphatic rings. The lowest BCUT2D eigenvalue weighted by Gasteiger charge is -2.05. The molecule has 106 valence electrons. The molecule has 0 unspecified atom stereocenters. The Bertz CT molecular complexity index is 733. The fourth-order valence-corrected chi connectivity index (χ4v) is 1.93. The average molecular weight is 283 g/mol. The highest BCUT2D eigenvalue weighted by molar-refractivity contribution is 5.89. The summed E-state index contributed by atoms with van der Waals surface area (Å²) in [7, 11) is 0. The number of aromatic nitrogens is 3. The Balaban J connectivity index is 2.10. The molecule has 3 heterocycles. The molecule has 0 aliphatic heterocycles. The molecule has 0 saturated heterocycles. The van der Waals surface area contributed by atoms with Gasteiger partial charge in [-0.3, -0.25) is 0 Å². The maximum Gasteiger partial charge on any atom is 0.357 e. The number of hydrogen-bond donors (Lipinski definition) is 0. The first-order valence-corrected chi connectivity index (χ1v) is 6.52. The number of furan rings is 1. The van der Waals surface area contributed by atoms with Crippen LogP contribution in [-0.2, 0) is 4.74 Å². The van der Waals surface area contributed by atoms with Crippen LogP contribution in [0, 0.1) is 0 Å². The van der Waals surface area contributed by atoms with Crippen LogP contribution < -0.4 is 0 Å². The van der Waals surface area contributed by atoms with Crippen LogP contribution in [0.3, 0.4) is 0 Å². The minimum Gasteiger partial charge on any atom is -0.463 e. The third kappa shape index (κ3) is 2.55. The highest BCUT2D eigenvalue weighted by atomic mass is 16.5. The first-order chi connectivity index (χ1) is 10.3. The van der Waals surface area contributed by atoms with E-state index in [4.69, 9.17) is 9.15 Å². The van der Waals surface area contributed by atoms with E-state index in [1.54, 1.807) is 49.7 Å². The third-order valence-corrected chi connectivity index (χ3v) is 2.83. The Morgan fingerprint density at radius 1 is 1.33 bits per heavy atom. The topological polar surface area (TPSA) is 70.2 Å². The van der Waals surface area contributed by atoms with Crippen LogP contribution in [0.15, 0.2) is 53.3 Å². The quantitative estimate of drug-likeness (QED) is 0.688. The summed E-state index contributed by atoms with van der Waals surface area (Å²) >= 11 is 0. The molecule has 21 heavy (non-hydrogen) atoms. The van der Waals surface area contributed by atoms with E-state index < -0.39 is 5.97 Å². The van der Waals surface area contributed by atoms with Gasteiger partial charge in [0.1, 0.15) is 5.69 Å². The SMILES string of the molecule is CCOC(=O)c1cc(-c2ccco2)nn1-c1ccccn1. The van der Waals surface area contributed by atoms with E-state index in [1.165, 1.54) is 4.68 Å². The molecule has 0 N–H and O–H groups in total. The normalized spacial score (nSPS) is 10.5. The van der Waals surface area contributed by atoms with Crippen molar-refractivity contribution in [2.24, 2.45) is 0 Å². The molecule has 0 atom stereocenters. The summed E-state index contributed by atoms with van der Waals surface area (Å²) in [4.78, 5) is 16.3. The molecule has 3 aromatic heterocycles. The van der Waals surface area contributed by atoms with Gasteiger partial charge in [-0.1, -0.05) is 6.07 Å². The van der Waals surface area contributed by atoms with Crippen LogP contribution in [0.4, 0.5) is 0 Å². The molecule has 0 amide bonds. The van der Waals surface area contributed by atoms with Crippen molar-refractivity contribution < 1.29 is 13.9 Å². The van der Waals surface area contributed by atoms with Gasteiger partial charge < -0.3 is 9.15 Å². The van der Waals surface area contributed by atoms with Gasteiger partial charge in [0.05, 0.1) is 12.9 Å². The van der Waals surface area contributed by atoms with Crippen molar-refractivity contribution in [1.29, 1.82) is 0 Å². The van der Waals surface area contributed by atoms with Crippen LogP contribution in [0.2, 0.25) is 0 Å². The first kappa shape index (κ1) is 13.1. The van der Waals surface area contributed by atoms with E-state index in [0.717, 1.165) is 0 Å². The predicted octanol–water partition coefficient (Wildman–Crippen LogP) is 2.70. The van der Waals surface area contributed by atoms with Crippen LogP contribution in [0.5, 0.6) is 0 Å². The predicted molar refractivity (Wildman–Crippen MR) is 75.0 cm³/mol. The number of rotatable bonds is 4. The third-order valence-electron chi connectivity index (χ3n) is 2.83. The Hall–Kier alpha value is -2.89. The van der Waals surface area contributed by atoms with Gasteiger partial charge in [-0.25, -0.2) is 14.5 Å². The zero-order chi connectivity index (χ0) is 14.7. The smallest absolute Gasteiger partial charge is 0.357 e.